The van der Waals surface area contributed by atoms with E-state index < -0.39 is 11.6 Å². The van der Waals surface area contributed by atoms with Gasteiger partial charge in [-0.1, -0.05) is 22.8 Å². The van der Waals surface area contributed by atoms with Crippen LogP contribution in [0.3, 0.4) is 0 Å². The zero-order valence-electron chi connectivity index (χ0n) is 15.0. The van der Waals surface area contributed by atoms with Crippen molar-refractivity contribution >= 4 is 34.3 Å². The van der Waals surface area contributed by atoms with Crippen molar-refractivity contribution in [3.63, 3.8) is 0 Å². The SMILES string of the molecule is CC(Nc1nc(N)ncc1C#N)c1nc2cccc(Cl)c2c(=O)n1-c1ccon1. The molecule has 4 rings (SSSR count). The normalized spacial score (nSPS) is 11.9. The molecule has 4 aromatic rings. The van der Waals surface area contributed by atoms with Crippen molar-refractivity contribution in [2.75, 3.05) is 11.1 Å². The topological polar surface area (TPSA) is 149 Å². The number of hydrogen-bond donors (Lipinski definition) is 2. The molecule has 0 saturated carbocycles. The van der Waals surface area contributed by atoms with E-state index in [0.717, 1.165) is 0 Å². The highest BCUT2D eigenvalue weighted by molar-refractivity contribution is 6.35. The fraction of sp³-hybridized carbons (Fsp3) is 0.111. The molecule has 0 aliphatic carbocycles. The third-order valence-corrected chi connectivity index (χ3v) is 4.51. The van der Waals surface area contributed by atoms with Gasteiger partial charge in [-0.2, -0.15) is 10.2 Å². The molecule has 29 heavy (non-hydrogen) atoms. The molecule has 0 radical (unpaired) electrons. The molecular formula is C18H13ClN8O2. The average Bonchev–Trinajstić information content (AvgIpc) is 3.22. The highest BCUT2D eigenvalue weighted by atomic mass is 35.5. The zero-order valence-corrected chi connectivity index (χ0v) is 15.8. The van der Waals surface area contributed by atoms with Crippen LogP contribution in [0.4, 0.5) is 11.8 Å². The Labute approximate surface area is 168 Å². The van der Waals surface area contributed by atoms with Gasteiger partial charge in [-0.05, 0) is 19.1 Å². The van der Waals surface area contributed by atoms with E-state index in [-0.39, 0.29) is 33.6 Å². The van der Waals surface area contributed by atoms with E-state index in [1.807, 2.05) is 6.07 Å². The van der Waals surface area contributed by atoms with Gasteiger partial charge in [0, 0.05) is 6.07 Å². The Morgan fingerprint density at radius 3 is 2.90 bits per heavy atom. The van der Waals surface area contributed by atoms with E-state index in [2.05, 4.69) is 25.4 Å². The molecule has 1 atom stereocenters. The maximum absolute atomic E-state index is 13.2. The summed E-state index contributed by atoms with van der Waals surface area (Å²) in [5, 5.41) is 16.8. The number of halogens is 1. The fourth-order valence-electron chi connectivity index (χ4n) is 2.90. The third kappa shape index (κ3) is 3.24. The van der Waals surface area contributed by atoms with Crippen molar-refractivity contribution in [3.8, 4) is 11.9 Å². The molecule has 0 fully saturated rings. The first-order valence-corrected chi connectivity index (χ1v) is 8.78. The van der Waals surface area contributed by atoms with Gasteiger partial charge in [0.1, 0.15) is 29.5 Å². The van der Waals surface area contributed by atoms with Gasteiger partial charge in [-0.25, -0.2) is 14.5 Å². The molecular weight excluding hydrogens is 396 g/mol. The molecule has 1 unspecified atom stereocenters. The Hall–Kier alpha value is -3.97. The fourth-order valence-corrected chi connectivity index (χ4v) is 3.15. The van der Waals surface area contributed by atoms with E-state index in [4.69, 9.17) is 21.9 Å². The highest BCUT2D eigenvalue weighted by Crippen LogP contribution is 2.24. The summed E-state index contributed by atoms with van der Waals surface area (Å²) in [6.45, 7) is 1.76. The highest BCUT2D eigenvalue weighted by Gasteiger charge is 2.22. The van der Waals surface area contributed by atoms with E-state index in [9.17, 15) is 10.1 Å². The molecule has 3 aromatic heterocycles. The lowest BCUT2D eigenvalue weighted by atomic mass is 10.2. The molecule has 10 nitrogen and oxygen atoms in total. The quantitative estimate of drug-likeness (QED) is 0.519. The van der Waals surface area contributed by atoms with Gasteiger partial charge in [-0.15, -0.1) is 0 Å². The lowest BCUT2D eigenvalue weighted by molar-refractivity contribution is 0.415. The van der Waals surface area contributed by atoms with Crippen molar-refractivity contribution in [2.24, 2.45) is 0 Å². The summed E-state index contributed by atoms with van der Waals surface area (Å²) in [6, 6.07) is 7.97. The Morgan fingerprint density at radius 1 is 1.34 bits per heavy atom. The van der Waals surface area contributed by atoms with Crippen molar-refractivity contribution in [1.29, 1.82) is 5.26 Å². The molecule has 0 amide bonds. The van der Waals surface area contributed by atoms with Crippen LogP contribution in [-0.4, -0.2) is 24.7 Å². The number of nitrogens with one attached hydrogen (secondary N) is 1. The second kappa shape index (κ2) is 7.21. The van der Waals surface area contributed by atoms with Gasteiger partial charge in [0.05, 0.1) is 28.2 Å². The molecule has 0 saturated heterocycles. The molecule has 1 aromatic carbocycles. The summed E-state index contributed by atoms with van der Waals surface area (Å²) >= 11 is 6.23. The summed E-state index contributed by atoms with van der Waals surface area (Å²) in [6.07, 6.45) is 2.66. The molecule has 144 valence electrons. The number of rotatable bonds is 4. The second-order valence-electron chi connectivity index (χ2n) is 6.07. The minimum Gasteiger partial charge on any atom is -0.368 e. The Morgan fingerprint density at radius 2 is 2.17 bits per heavy atom. The minimum absolute atomic E-state index is 0.00541. The summed E-state index contributed by atoms with van der Waals surface area (Å²) < 4.78 is 6.20. The van der Waals surface area contributed by atoms with Crippen molar-refractivity contribution in [1.82, 2.24) is 24.7 Å². The number of fused-ring (bicyclic) bond motifs is 1. The summed E-state index contributed by atoms with van der Waals surface area (Å²) in [5.41, 5.74) is 5.86. The first-order valence-electron chi connectivity index (χ1n) is 8.40. The summed E-state index contributed by atoms with van der Waals surface area (Å²) in [4.78, 5) is 25.7. The number of benzene rings is 1. The van der Waals surface area contributed by atoms with Crippen LogP contribution in [-0.2, 0) is 0 Å². The van der Waals surface area contributed by atoms with Crippen LogP contribution in [0, 0.1) is 11.3 Å². The van der Waals surface area contributed by atoms with E-state index >= 15 is 0 Å². The zero-order chi connectivity index (χ0) is 20.5. The van der Waals surface area contributed by atoms with Gasteiger partial charge in [-0.3, -0.25) is 4.79 Å². The van der Waals surface area contributed by atoms with Gasteiger partial charge in [0.2, 0.25) is 5.95 Å². The Bertz CT molecular complexity index is 1310. The van der Waals surface area contributed by atoms with Crippen molar-refractivity contribution in [2.45, 2.75) is 13.0 Å². The first-order chi connectivity index (χ1) is 14.0. The summed E-state index contributed by atoms with van der Waals surface area (Å²) in [7, 11) is 0. The first kappa shape index (κ1) is 18.4. The molecule has 3 heterocycles. The number of hydrogen-bond acceptors (Lipinski definition) is 9. The van der Waals surface area contributed by atoms with Crippen molar-refractivity contribution < 1.29 is 4.52 Å². The smallest absolute Gasteiger partial charge is 0.268 e. The predicted octanol–water partition coefficient (Wildman–Crippen LogP) is 2.44. The molecule has 0 spiro atoms. The van der Waals surface area contributed by atoms with Crippen molar-refractivity contribution in [3.05, 3.63) is 63.5 Å². The van der Waals surface area contributed by atoms with E-state index in [0.29, 0.717) is 11.3 Å². The van der Waals surface area contributed by atoms with Gasteiger partial charge in [0.15, 0.2) is 5.82 Å². The second-order valence-corrected chi connectivity index (χ2v) is 6.48. The minimum atomic E-state index is -0.566. The van der Waals surface area contributed by atoms with Crippen LogP contribution in [0.25, 0.3) is 16.7 Å². The third-order valence-electron chi connectivity index (χ3n) is 4.19. The van der Waals surface area contributed by atoms with Crippen LogP contribution in [0.2, 0.25) is 5.02 Å². The van der Waals surface area contributed by atoms with E-state index in [1.165, 1.54) is 23.1 Å². The van der Waals surface area contributed by atoms with Crippen LogP contribution in [0.15, 0.2) is 46.0 Å². The molecule has 11 heteroatoms. The van der Waals surface area contributed by atoms with Gasteiger partial charge >= 0.3 is 0 Å². The van der Waals surface area contributed by atoms with Crippen LogP contribution in [0.1, 0.15) is 24.4 Å². The monoisotopic (exact) mass is 408 g/mol. The molecule has 0 bridgehead atoms. The number of aromatic nitrogens is 5. The summed E-state index contributed by atoms with van der Waals surface area (Å²) in [5.74, 6) is 0.793. The molecule has 0 aliphatic rings. The number of nitrogens with zero attached hydrogens (tertiary/aromatic N) is 6. The number of anilines is 2. The number of nitrogens with two attached hydrogens (primary N) is 1. The van der Waals surface area contributed by atoms with Crippen LogP contribution in [0.5, 0.6) is 0 Å². The van der Waals surface area contributed by atoms with Gasteiger partial charge < -0.3 is 15.6 Å². The largest absolute Gasteiger partial charge is 0.368 e. The number of nitriles is 1. The maximum atomic E-state index is 13.2. The van der Waals surface area contributed by atoms with Gasteiger partial charge in [0.25, 0.3) is 5.56 Å². The van der Waals surface area contributed by atoms with Crippen LogP contribution >= 0.6 is 11.6 Å². The predicted molar refractivity (Wildman–Crippen MR) is 106 cm³/mol. The van der Waals surface area contributed by atoms with E-state index in [1.54, 1.807) is 25.1 Å². The number of nitrogen functional groups attached to an aromatic ring is 1. The lowest BCUT2D eigenvalue weighted by Crippen LogP contribution is -2.28. The molecule has 0 aliphatic heterocycles. The average molecular weight is 409 g/mol. The van der Waals surface area contributed by atoms with Crippen LogP contribution < -0.4 is 16.6 Å². The Kier molecular flexibility index (Phi) is 4.58. The standard InChI is InChI=1S/C18H13ClN8O2/c1-9(23-15-10(7-20)8-22-18(21)25-15)16-24-12-4-2-3-11(19)14(12)17(28)27(16)13-5-6-29-26-13/h2-6,8-9H,1H3,(H3,21,22,23,25). The maximum Gasteiger partial charge on any atom is 0.268 e. The molecule has 3 N–H and O–H groups in total. The lowest BCUT2D eigenvalue weighted by Gasteiger charge is -2.19. The Balaban J connectivity index is 1.91.